The molecular weight excluding hydrogens is 407 g/mol. The normalized spacial score (nSPS) is 10.1. The minimum Gasteiger partial charge on any atom is -0.497 e. The van der Waals surface area contributed by atoms with Crippen LogP contribution in [0, 0.1) is 0 Å². The molecule has 2 N–H and O–H groups in total. The summed E-state index contributed by atoms with van der Waals surface area (Å²) in [6.45, 7) is -0.555. The van der Waals surface area contributed by atoms with Crippen molar-refractivity contribution in [3.63, 3.8) is 0 Å². The molecule has 148 valence electrons. The molecule has 7 nitrogen and oxygen atoms in total. The van der Waals surface area contributed by atoms with E-state index < -0.39 is 17.8 Å². The number of halogens is 2. The van der Waals surface area contributed by atoms with Crippen LogP contribution in [0.15, 0.2) is 42.5 Å². The van der Waals surface area contributed by atoms with Crippen LogP contribution in [0.1, 0.15) is 15.9 Å². The highest BCUT2D eigenvalue weighted by Gasteiger charge is 2.13. The van der Waals surface area contributed by atoms with Crippen molar-refractivity contribution in [1.82, 2.24) is 10.6 Å². The monoisotopic (exact) mass is 424 g/mol. The van der Waals surface area contributed by atoms with Crippen molar-refractivity contribution in [1.29, 1.82) is 0 Å². The second-order valence-corrected chi connectivity index (χ2v) is 6.44. The van der Waals surface area contributed by atoms with Gasteiger partial charge in [0.2, 0.25) is 5.91 Å². The average molecular weight is 425 g/mol. The van der Waals surface area contributed by atoms with Gasteiger partial charge in [0.1, 0.15) is 18.9 Å². The molecule has 2 aromatic rings. The molecule has 0 bridgehead atoms. The fraction of sp³-hybridized carbons (Fsp3) is 0.211. The third-order valence-electron chi connectivity index (χ3n) is 3.57. The summed E-state index contributed by atoms with van der Waals surface area (Å²) in [7, 11) is 1.56. The highest BCUT2D eigenvalue weighted by Crippen LogP contribution is 2.20. The predicted molar refractivity (Wildman–Crippen MR) is 105 cm³/mol. The van der Waals surface area contributed by atoms with Gasteiger partial charge in [-0.25, -0.2) is 0 Å². The maximum absolute atomic E-state index is 12.0. The fourth-order valence-electron chi connectivity index (χ4n) is 2.10. The molecule has 0 saturated heterocycles. The fourth-order valence-corrected chi connectivity index (χ4v) is 2.59. The summed E-state index contributed by atoms with van der Waals surface area (Å²) in [6, 6.07) is 11.4. The summed E-state index contributed by atoms with van der Waals surface area (Å²) in [5, 5.41) is 5.34. The Bertz CT molecular complexity index is 856. The maximum Gasteiger partial charge on any atom is 0.325 e. The van der Waals surface area contributed by atoms with Gasteiger partial charge in [-0.15, -0.1) is 0 Å². The number of nitrogens with one attached hydrogen (secondary N) is 2. The molecule has 2 amide bonds. The molecule has 0 aliphatic rings. The number of rotatable bonds is 8. The van der Waals surface area contributed by atoms with Crippen LogP contribution in [-0.2, 0) is 20.9 Å². The van der Waals surface area contributed by atoms with Gasteiger partial charge < -0.3 is 20.1 Å². The van der Waals surface area contributed by atoms with Crippen LogP contribution in [-0.4, -0.2) is 38.0 Å². The molecule has 2 rings (SSSR count). The number of methoxy groups -OCH3 is 1. The molecule has 0 aliphatic heterocycles. The lowest BCUT2D eigenvalue weighted by molar-refractivity contribution is -0.145. The van der Waals surface area contributed by atoms with Gasteiger partial charge in [0.15, 0.2) is 0 Å². The van der Waals surface area contributed by atoms with E-state index in [4.69, 9.17) is 32.7 Å². The summed E-state index contributed by atoms with van der Waals surface area (Å²) in [5.41, 5.74) is 0.977. The first kappa shape index (κ1) is 21.5. The molecule has 9 heteroatoms. The Morgan fingerprint density at radius 1 is 0.964 bits per heavy atom. The Morgan fingerprint density at radius 2 is 1.68 bits per heavy atom. The van der Waals surface area contributed by atoms with Gasteiger partial charge in [-0.05, 0) is 35.9 Å². The van der Waals surface area contributed by atoms with E-state index in [2.05, 4.69) is 10.6 Å². The van der Waals surface area contributed by atoms with Crippen molar-refractivity contribution in [2.45, 2.75) is 6.61 Å². The van der Waals surface area contributed by atoms with E-state index >= 15 is 0 Å². The molecule has 0 fully saturated rings. The van der Waals surface area contributed by atoms with Crippen LogP contribution in [0.4, 0.5) is 0 Å². The Hall–Kier alpha value is -2.77. The lowest BCUT2D eigenvalue weighted by Gasteiger charge is -2.09. The van der Waals surface area contributed by atoms with Crippen molar-refractivity contribution in [3.8, 4) is 5.75 Å². The molecule has 0 saturated carbocycles. The Morgan fingerprint density at radius 3 is 2.32 bits per heavy atom. The quantitative estimate of drug-likeness (QED) is 0.635. The van der Waals surface area contributed by atoms with Crippen molar-refractivity contribution in [2.24, 2.45) is 0 Å². The Labute approximate surface area is 171 Å². The van der Waals surface area contributed by atoms with Crippen LogP contribution < -0.4 is 15.4 Å². The van der Waals surface area contributed by atoms with Gasteiger partial charge in [-0.2, -0.15) is 0 Å². The summed E-state index contributed by atoms with van der Waals surface area (Å²) in [6.07, 6.45) is 0. The highest BCUT2D eigenvalue weighted by molar-refractivity contribution is 6.36. The van der Waals surface area contributed by atoms with Crippen molar-refractivity contribution >= 4 is 41.0 Å². The lowest BCUT2D eigenvalue weighted by atomic mass is 10.2. The highest BCUT2D eigenvalue weighted by atomic mass is 35.5. The van der Waals surface area contributed by atoms with Gasteiger partial charge in [0, 0.05) is 5.02 Å². The van der Waals surface area contributed by atoms with E-state index in [-0.39, 0.29) is 30.3 Å². The van der Waals surface area contributed by atoms with Crippen molar-refractivity contribution in [2.75, 3.05) is 20.2 Å². The van der Waals surface area contributed by atoms with E-state index in [1.165, 1.54) is 18.2 Å². The molecule has 0 heterocycles. The smallest absolute Gasteiger partial charge is 0.325 e. The molecule has 28 heavy (non-hydrogen) atoms. The largest absolute Gasteiger partial charge is 0.497 e. The number of hydrogen-bond donors (Lipinski definition) is 2. The first-order chi connectivity index (χ1) is 13.4. The summed E-state index contributed by atoms with van der Waals surface area (Å²) < 4.78 is 10.1. The molecule has 0 radical (unpaired) electrons. The number of carbonyl (C=O) groups excluding carboxylic acids is 3. The minimum absolute atomic E-state index is 0.0739. The lowest BCUT2D eigenvalue weighted by Crippen LogP contribution is -2.39. The van der Waals surface area contributed by atoms with E-state index in [1.807, 2.05) is 0 Å². The van der Waals surface area contributed by atoms with Crippen molar-refractivity contribution in [3.05, 3.63) is 63.6 Å². The standard InChI is InChI=1S/C19H18Cl2N2O5/c1-27-14-5-2-12(3-6-14)11-28-18(25)10-22-17(24)9-23-19(26)15-7-4-13(20)8-16(15)21/h2-8H,9-11H2,1H3,(H,22,24)(H,23,26). The van der Waals surface area contributed by atoms with Crippen LogP contribution in [0.5, 0.6) is 5.75 Å². The molecule has 0 spiro atoms. The molecule has 2 aromatic carbocycles. The summed E-state index contributed by atoms with van der Waals surface area (Å²) in [5.74, 6) is -0.973. The number of esters is 1. The number of ether oxygens (including phenoxy) is 2. The Kier molecular flexibility index (Phi) is 8.10. The number of benzene rings is 2. The Balaban J connectivity index is 1.69. The minimum atomic E-state index is -0.601. The van der Waals surface area contributed by atoms with Gasteiger partial charge >= 0.3 is 5.97 Å². The first-order valence-corrected chi connectivity index (χ1v) is 8.93. The van der Waals surface area contributed by atoms with Crippen LogP contribution in [0.3, 0.4) is 0 Å². The molecule has 0 aliphatic carbocycles. The third-order valence-corrected chi connectivity index (χ3v) is 4.12. The van der Waals surface area contributed by atoms with E-state index in [0.717, 1.165) is 5.56 Å². The first-order valence-electron chi connectivity index (χ1n) is 8.17. The van der Waals surface area contributed by atoms with Gasteiger partial charge in [0.05, 0.1) is 24.2 Å². The predicted octanol–water partition coefficient (Wildman–Crippen LogP) is 2.59. The summed E-state index contributed by atoms with van der Waals surface area (Å²) >= 11 is 11.7. The average Bonchev–Trinajstić information content (AvgIpc) is 2.69. The second kappa shape index (κ2) is 10.5. The SMILES string of the molecule is COc1ccc(COC(=O)CNC(=O)CNC(=O)c2ccc(Cl)cc2Cl)cc1. The molecule has 0 aromatic heterocycles. The summed E-state index contributed by atoms with van der Waals surface area (Å²) in [4.78, 5) is 35.5. The molecule has 0 unspecified atom stereocenters. The van der Waals surface area contributed by atoms with E-state index in [1.54, 1.807) is 31.4 Å². The number of hydrogen-bond acceptors (Lipinski definition) is 5. The number of amides is 2. The van der Waals surface area contributed by atoms with E-state index in [0.29, 0.717) is 10.8 Å². The zero-order chi connectivity index (χ0) is 20.5. The van der Waals surface area contributed by atoms with Crippen LogP contribution >= 0.6 is 23.2 Å². The zero-order valence-electron chi connectivity index (χ0n) is 15.0. The van der Waals surface area contributed by atoms with E-state index in [9.17, 15) is 14.4 Å². The zero-order valence-corrected chi connectivity index (χ0v) is 16.5. The van der Waals surface area contributed by atoms with Gasteiger partial charge in [-0.1, -0.05) is 35.3 Å². The number of carbonyl (C=O) groups is 3. The molecule has 0 atom stereocenters. The van der Waals surface area contributed by atoms with Gasteiger partial charge in [0.25, 0.3) is 5.91 Å². The third kappa shape index (κ3) is 6.75. The topological polar surface area (TPSA) is 93.7 Å². The van der Waals surface area contributed by atoms with Crippen LogP contribution in [0.2, 0.25) is 10.0 Å². The van der Waals surface area contributed by atoms with Crippen molar-refractivity contribution < 1.29 is 23.9 Å². The van der Waals surface area contributed by atoms with Crippen LogP contribution in [0.25, 0.3) is 0 Å². The second-order valence-electron chi connectivity index (χ2n) is 5.59. The molecular formula is C19H18Cl2N2O5. The maximum atomic E-state index is 12.0. The van der Waals surface area contributed by atoms with Gasteiger partial charge in [-0.3, -0.25) is 14.4 Å².